The summed E-state index contributed by atoms with van der Waals surface area (Å²) < 4.78 is 96.3. The topological polar surface area (TPSA) is 79.9 Å². The van der Waals surface area contributed by atoms with Crippen LogP contribution in [0.15, 0.2) is 64.3 Å². The molecule has 0 fully saturated rings. The van der Waals surface area contributed by atoms with Crippen molar-refractivity contribution in [2.24, 2.45) is 0 Å². The first-order valence-corrected chi connectivity index (χ1v) is 14.7. The van der Waals surface area contributed by atoms with Crippen LogP contribution in [0, 0.1) is 23.0 Å². The van der Waals surface area contributed by atoms with Crippen LogP contribution in [0.4, 0.5) is 22.0 Å². The molecule has 0 amide bonds. The lowest BCUT2D eigenvalue weighted by atomic mass is 10.1. The van der Waals surface area contributed by atoms with Crippen molar-refractivity contribution in [3.8, 4) is 27.1 Å². The summed E-state index contributed by atoms with van der Waals surface area (Å²) in [6.07, 6.45) is -4.51. The summed E-state index contributed by atoms with van der Waals surface area (Å²) >= 11 is 1.00. The van der Waals surface area contributed by atoms with Crippen LogP contribution >= 0.6 is 11.3 Å². The fourth-order valence-electron chi connectivity index (χ4n) is 4.23. The second kappa shape index (κ2) is 11.2. The van der Waals surface area contributed by atoms with Gasteiger partial charge in [-0.1, -0.05) is 19.1 Å². The van der Waals surface area contributed by atoms with E-state index in [0.717, 1.165) is 33.6 Å². The zero-order chi connectivity index (χ0) is 30.3. The minimum atomic E-state index is -5.03. The third-order valence-corrected chi connectivity index (χ3v) is 9.82. The van der Waals surface area contributed by atoms with Crippen molar-refractivity contribution in [3.05, 3.63) is 98.8 Å². The molecule has 0 radical (unpaired) electrons. The number of nitriles is 1. The summed E-state index contributed by atoms with van der Waals surface area (Å²) in [5.41, 5.74) is -3.03. The number of aromatic nitrogens is 1. The molecule has 4 rings (SSSR count). The summed E-state index contributed by atoms with van der Waals surface area (Å²) in [7, 11) is -3.63. The highest BCUT2D eigenvalue weighted by Crippen LogP contribution is 2.39. The minimum absolute atomic E-state index is 0.109. The molecule has 2 heterocycles. The number of thiophene rings is 1. The van der Waals surface area contributed by atoms with Crippen LogP contribution in [0.5, 0.6) is 0 Å². The molecule has 2 aromatic heterocycles. The number of halogens is 5. The fraction of sp³-hybridized carbons (Fsp3) is 0.241. The van der Waals surface area contributed by atoms with Crippen molar-refractivity contribution in [1.82, 2.24) is 4.57 Å². The third-order valence-electron chi connectivity index (χ3n) is 6.53. The van der Waals surface area contributed by atoms with Crippen LogP contribution in [0.1, 0.15) is 43.0 Å². The Bertz CT molecular complexity index is 1850. The first kappa shape index (κ1) is 30.1. The Balaban J connectivity index is 1.94. The van der Waals surface area contributed by atoms with Gasteiger partial charge in [-0.15, -0.1) is 11.3 Å². The van der Waals surface area contributed by atoms with Gasteiger partial charge in [0.05, 0.1) is 32.8 Å². The molecule has 5 nitrogen and oxygen atoms in total. The van der Waals surface area contributed by atoms with E-state index in [-0.39, 0.29) is 21.0 Å². The molecule has 2 aromatic carbocycles. The van der Waals surface area contributed by atoms with Gasteiger partial charge in [0, 0.05) is 16.5 Å². The summed E-state index contributed by atoms with van der Waals surface area (Å²) in [5, 5.41) is 8.73. The maximum atomic E-state index is 14.5. The lowest BCUT2D eigenvalue weighted by molar-refractivity contribution is -0.137. The predicted molar refractivity (Wildman–Crippen MR) is 146 cm³/mol. The van der Waals surface area contributed by atoms with Gasteiger partial charge in [-0.3, -0.25) is 4.79 Å². The molecule has 0 atom stereocenters. The molecule has 0 saturated carbocycles. The molecule has 41 heavy (non-hydrogen) atoms. The van der Waals surface area contributed by atoms with E-state index >= 15 is 0 Å². The Morgan fingerprint density at radius 1 is 1.00 bits per heavy atom. The fourth-order valence-corrected chi connectivity index (χ4v) is 6.40. The molecule has 0 N–H and O–H groups in total. The third kappa shape index (κ3) is 5.96. The quantitative estimate of drug-likeness (QED) is 0.208. The van der Waals surface area contributed by atoms with Gasteiger partial charge in [-0.25, -0.2) is 17.2 Å². The van der Waals surface area contributed by atoms with Crippen LogP contribution in [0.3, 0.4) is 0 Å². The number of alkyl halides is 3. The van der Waals surface area contributed by atoms with Gasteiger partial charge < -0.3 is 4.57 Å². The molecule has 12 heteroatoms. The molecule has 0 spiro atoms. The number of hydrogen-bond acceptors (Lipinski definition) is 5. The highest BCUT2D eigenvalue weighted by molar-refractivity contribution is 7.92. The highest BCUT2D eigenvalue weighted by atomic mass is 32.2. The van der Waals surface area contributed by atoms with Crippen molar-refractivity contribution in [2.45, 2.75) is 50.1 Å². The first-order valence-electron chi connectivity index (χ1n) is 12.3. The summed E-state index contributed by atoms with van der Waals surface area (Å²) in [4.78, 5) is 14.0. The van der Waals surface area contributed by atoms with Crippen molar-refractivity contribution >= 4 is 21.2 Å². The van der Waals surface area contributed by atoms with Crippen LogP contribution in [0.2, 0.25) is 0 Å². The predicted octanol–water partition coefficient (Wildman–Crippen LogP) is 7.21. The second-order valence-corrected chi connectivity index (χ2v) is 13.1. The zero-order valence-electron chi connectivity index (χ0n) is 22.0. The van der Waals surface area contributed by atoms with Crippen molar-refractivity contribution in [1.29, 1.82) is 5.26 Å². The molecule has 214 valence electrons. The van der Waals surface area contributed by atoms with Crippen LogP contribution in [-0.4, -0.2) is 18.2 Å². The van der Waals surface area contributed by atoms with Crippen LogP contribution in [0.25, 0.3) is 21.0 Å². The molecule has 4 aromatic rings. The number of sulfone groups is 1. The normalized spacial score (nSPS) is 12.1. The highest BCUT2D eigenvalue weighted by Gasteiger charge is 2.37. The van der Waals surface area contributed by atoms with E-state index in [1.165, 1.54) is 18.2 Å². The van der Waals surface area contributed by atoms with E-state index < -0.39 is 56.1 Å². The van der Waals surface area contributed by atoms with Gasteiger partial charge in [0.25, 0.3) is 5.56 Å². The van der Waals surface area contributed by atoms with E-state index in [1.807, 2.05) is 6.92 Å². The van der Waals surface area contributed by atoms with E-state index in [0.29, 0.717) is 29.0 Å². The van der Waals surface area contributed by atoms with E-state index in [9.17, 15) is 40.4 Å². The average Bonchev–Trinajstić information content (AvgIpc) is 3.40. The van der Waals surface area contributed by atoms with E-state index in [1.54, 1.807) is 32.0 Å². The number of benzene rings is 2. The Morgan fingerprint density at radius 3 is 2.27 bits per heavy atom. The molecule has 0 aliphatic heterocycles. The monoisotopic (exact) mass is 606 g/mol. The minimum Gasteiger partial charge on any atom is -0.302 e. The van der Waals surface area contributed by atoms with E-state index in [4.69, 9.17) is 0 Å². The molecule has 0 aliphatic rings. The van der Waals surface area contributed by atoms with Crippen molar-refractivity contribution < 1.29 is 30.4 Å². The van der Waals surface area contributed by atoms with Gasteiger partial charge >= 0.3 is 6.18 Å². The largest absolute Gasteiger partial charge is 0.417 e. The Hall–Kier alpha value is -3.82. The number of aryl methyl sites for hydroxylation is 1. The lowest BCUT2D eigenvalue weighted by Gasteiger charge is -2.17. The first-order chi connectivity index (χ1) is 19.2. The van der Waals surface area contributed by atoms with Gasteiger partial charge in [0.1, 0.15) is 23.3 Å². The Labute approximate surface area is 237 Å². The number of hydrogen-bond donors (Lipinski definition) is 0. The molecule has 0 aliphatic carbocycles. The van der Waals surface area contributed by atoms with Crippen LogP contribution in [-0.2, 0) is 29.0 Å². The maximum Gasteiger partial charge on any atom is 0.417 e. The van der Waals surface area contributed by atoms with Crippen molar-refractivity contribution in [3.63, 3.8) is 0 Å². The van der Waals surface area contributed by atoms with Gasteiger partial charge in [0.15, 0.2) is 9.84 Å². The average molecular weight is 607 g/mol. The lowest BCUT2D eigenvalue weighted by Crippen LogP contribution is -2.28. The Morgan fingerprint density at radius 2 is 1.68 bits per heavy atom. The number of rotatable bonds is 7. The van der Waals surface area contributed by atoms with Gasteiger partial charge in [-0.05, 0) is 67.8 Å². The van der Waals surface area contributed by atoms with Gasteiger partial charge in [-0.2, -0.15) is 18.4 Å². The summed E-state index contributed by atoms with van der Waals surface area (Å²) in [5.74, 6) is -1.89. The van der Waals surface area contributed by atoms with Gasteiger partial charge in [0.2, 0.25) is 0 Å². The standard InChI is InChI=1S/C29H23F5N2O3S2/c1-4-17-9-19(11-21(10-17)41(38,39)16(2)3)26-7-8-27(40-26)25-13-23(29(32,33)34)22(14-35)28(37)36(25)15-18-5-6-20(30)12-24(18)31/h5-13,16H,4,15H2,1-3H3. The smallest absolute Gasteiger partial charge is 0.302 e. The summed E-state index contributed by atoms with van der Waals surface area (Å²) in [6, 6.07) is 12.5. The molecular weight excluding hydrogens is 583 g/mol. The van der Waals surface area contributed by atoms with Crippen LogP contribution < -0.4 is 5.56 Å². The molecule has 0 bridgehead atoms. The number of pyridine rings is 1. The summed E-state index contributed by atoms with van der Waals surface area (Å²) in [6.45, 7) is 4.41. The molecule has 0 saturated heterocycles. The number of nitrogens with zero attached hydrogens (tertiary/aromatic N) is 2. The maximum absolute atomic E-state index is 14.5. The molecule has 0 unspecified atom stereocenters. The van der Waals surface area contributed by atoms with E-state index in [2.05, 4.69) is 0 Å². The van der Waals surface area contributed by atoms with Crippen molar-refractivity contribution in [2.75, 3.05) is 0 Å². The zero-order valence-corrected chi connectivity index (χ0v) is 23.6. The molecular formula is C29H23F5N2O3S2. The second-order valence-electron chi connectivity index (χ2n) is 9.53. The Kier molecular flexibility index (Phi) is 8.25. The SMILES string of the molecule is CCc1cc(-c2ccc(-c3cc(C(F)(F)F)c(C#N)c(=O)n3Cc3ccc(F)cc3F)s2)cc(S(=O)(=O)C(C)C)c1.